The Morgan fingerprint density at radius 3 is 2.89 bits per heavy atom. The third kappa shape index (κ3) is 3.29. The molecule has 1 aromatic carbocycles. The summed E-state index contributed by atoms with van der Waals surface area (Å²) in [6.07, 6.45) is 0. The lowest BCUT2D eigenvalue weighted by molar-refractivity contribution is 0.201. The Labute approximate surface area is 111 Å². The minimum atomic E-state index is -0.0498. The number of nitrogens with one attached hydrogen (secondary N) is 1. The van der Waals surface area contributed by atoms with Crippen LogP contribution in [0.3, 0.4) is 0 Å². The number of urea groups is 1. The number of methoxy groups -OCH3 is 1. The topological polar surface area (TPSA) is 71.0 Å². The molecule has 0 aromatic heterocycles. The van der Waals surface area contributed by atoms with Gasteiger partial charge in [0.15, 0.2) is 11.5 Å². The molecule has 1 saturated heterocycles. The Balaban J connectivity index is 1.90. The van der Waals surface area contributed by atoms with E-state index in [0.29, 0.717) is 37.7 Å². The second-order valence-electron chi connectivity index (χ2n) is 4.21. The highest BCUT2D eigenvalue weighted by Gasteiger charge is 2.18. The maximum atomic E-state index is 11.3. The van der Waals surface area contributed by atoms with Crippen molar-refractivity contribution < 1.29 is 19.4 Å². The second kappa shape index (κ2) is 6.29. The van der Waals surface area contributed by atoms with Gasteiger partial charge in [-0.25, -0.2) is 4.79 Å². The van der Waals surface area contributed by atoms with E-state index in [1.807, 2.05) is 0 Å². The van der Waals surface area contributed by atoms with E-state index in [-0.39, 0.29) is 12.6 Å². The number of rotatable bonds is 6. The summed E-state index contributed by atoms with van der Waals surface area (Å²) >= 11 is 0. The zero-order valence-electron chi connectivity index (χ0n) is 10.9. The van der Waals surface area contributed by atoms with Crippen molar-refractivity contribution in [1.82, 2.24) is 10.2 Å². The fourth-order valence-corrected chi connectivity index (χ4v) is 1.92. The zero-order chi connectivity index (χ0) is 13.7. The van der Waals surface area contributed by atoms with Crippen molar-refractivity contribution in [1.29, 1.82) is 0 Å². The van der Waals surface area contributed by atoms with Gasteiger partial charge in [-0.2, -0.15) is 0 Å². The smallest absolute Gasteiger partial charge is 0.317 e. The van der Waals surface area contributed by atoms with Crippen LogP contribution in [-0.4, -0.2) is 49.4 Å². The van der Waals surface area contributed by atoms with Crippen molar-refractivity contribution >= 4 is 6.03 Å². The molecule has 2 N–H and O–H groups in total. The zero-order valence-corrected chi connectivity index (χ0v) is 10.9. The van der Waals surface area contributed by atoms with Crippen LogP contribution in [-0.2, 0) is 6.61 Å². The van der Waals surface area contributed by atoms with E-state index in [2.05, 4.69) is 5.32 Å². The van der Waals surface area contributed by atoms with Crippen molar-refractivity contribution in [2.45, 2.75) is 6.61 Å². The Morgan fingerprint density at radius 2 is 2.26 bits per heavy atom. The van der Waals surface area contributed by atoms with Crippen LogP contribution in [0.5, 0.6) is 11.5 Å². The fourth-order valence-electron chi connectivity index (χ4n) is 1.92. The quantitative estimate of drug-likeness (QED) is 0.790. The predicted octanol–water partition coefficient (Wildman–Crippen LogP) is 0.591. The van der Waals surface area contributed by atoms with Crippen molar-refractivity contribution in [2.24, 2.45) is 0 Å². The number of ether oxygens (including phenoxy) is 2. The molecule has 0 unspecified atom stereocenters. The summed E-state index contributed by atoms with van der Waals surface area (Å²) in [5.74, 6) is 1.19. The van der Waals surface area contributed by atoms with Crippen LogP contribution in [0, 0.1) is 0 Å². The number of nitrogens with zero attached hydrogens (tertiary/aromatic N) is 1. The molecular formula is C13H18N2O4. The summed E-state index contributed by atoms with van der Waals surface area (Å²) in [5, 5.41) is 11.8. The number of carbonyl (C=O) groups is 1. The van der Waals surface area contributed by atoms with E-state index in [0.717, 1.165) is 5.56 Å². The van der Waals surface area contributed by atoms with Crippen molar-refractivity contribution in [2.75, 3.05) is 33.4 Å². The van der Waals surface area contributed by atoms with E-state index >= 15 is 0 Å². The van der Waals surface area contributed by atoms with E-state index in [4.69, 9.17) is 14.6 Å². The van der Waals surface area contributed by atoms with Gasteiger partial charge in [-0.05, 0) is 17.7 Å². The van der Waals surface area contributed by atoms with E-state index in [1.54, 1.807) is 30.2 Å². The van der Waals surface area contributed by atoms with Gasteiger partial charge in [-0.3, -0.25) is 0 Å². The summed E-state index contributed by atoms with van der Waals surface area (Å²) in [6, 6.07) is 5.22. The molecule has 0 bridgehead atoms. The molecule has 1 heterocycles. The largest absolute Gasteiger partial charge is 0.493 e. The van der Waals surface area contributed by atoms with Crippen molar-refractivity contribution in [3.8, 4) is 11.5 Å². The van der Waals surface area contributed by atoms with Gasteiger partial charge in [0, 0.05) is 13.1 Å². The third-order valence-corrected chi connectivity index (χ3v) is 2.97. The minimum absolute atomic E-state index is 0.0371. The number of carbonyl (C=O) groups excluding carboxylic acids is 1. The molecule has 1 fully saturated rings. The lowest BCUT2D eigenvalue weighted by atomic mass is 10.2. The van der Waals surface area contributed by atoms with Crippen LogP contribution in [0.2, 0.25) is 0 Å². The average molecular weight is 266 g/mol. The molecule has 19 heavy (non-hydrogen) atoms. The number of aliphatic hydroxyl groups excluding tert-OH is 1. The molecule has 0 saturated carbocycles. The monoisotopic (exact) mass is 266 g/mol. The molecule has 2 amide bonds. The molecule has 1 aromatic rings. The van der Waals surface area contributed by atoms with Crippen LogP contribution in [0.25, 0.3) is 0 Å². The van der Waals surface area contributed by atoms with Crippen LogP contribution >= 0.6 is 0 Å². The SMILES string of the molecule is COc1cc(CO)ccc1OCCN1CCNC1=O. The maximum Gasteiger partial charge on any atom is 0.317 e. The number of benzene rings is 1. The van der Waals surface area contributed by atoms with Gasteiger partial charge >= 0.3 is 6.03 Å². The molecule has 0 aliphatic carbocycles. The van der Waals surface area contributed by atoms with E-state index < -0.39 is 0 Å². The molecule has 6 nitrogen and oxygen atoms in total. The first-order chi connectivity index (χ1) is 9.24. The van der Waals surface area contributed by atoms with Gasteiger partial charge in [0.1, 0.15) is 6.61 Å². The van der Waals surface area contributed by atoms with Crippen LogP contribution in [0.4, 0.5) is 4.79 Å². The summed E-state index contributed by atoms with van der Waals surface area (Å²) in [5.41, 5.74) is 0.767. The predicted molar refractivity (Wildman–Crippen MR) is 69.4 cm³/mol. The molecule has 0 radical (unpaired) electrons. The van der Waals surface area contributed by atoms with E-state index in [1.165, 1.54) is 0 Å². The number of hydrogen-bond donors (Lipinski definition) is 2. The number of aliphatic hydroxyl groups is 1. The summed E-state index contributed by atoms with van der Waals surface area (Å²) < 4.78 is 10.8. The summed E-state index contributed by atoms with van der Waals surface area (Å²) in [4.78, 5) is 13.0. The average Bonchev–Trinajstić information content (AvgIpc) is 2.84. The first-order valence-electron chi connectivity index (χ1n) is 6.18. The summed E-state index contributed by atoms with van der Waals surface area (Å²) in [6.45, 7) is 2.31. The van der Waals surface area contributed by atoms with Gasteiger partial charge in [0.2, 0.25) is 0 Å². The van der Waals surface area contributed by atoms with Crippen LogP contribution < -0.4 is 14.8 Å². The second-order valence-corrected chi connectivity index (χ2v) is 4.21. The molecular weight excluding hydrogens is 248 g/mol. The van der Waals surface area contributed by atoms with Gasteiger partial charge in [-0.1, -0.05) is 6.07 Å². The van der Waals surface area contributed by atoms with Gasteiger partial charge in [0.25, 0.3) is 0 Å². The highest BCUT2D eigenvalue weighted by atomic mass is 16.5. The maximum absolute atomic E-state index is 11.3. The Kier molecular flexibility index (Phi) is 4.46. The normalized spacial score (nSPS) is 14.4. The molecule has 1 aliphatic rings. The molecule has 1 aliphatic heterocycles. The number of amides is 2. The Morgan fingerprint density at radius 1 is 1.42 bits per heavy atom. The molecule has 2 rings (SSSR count). The Bertz CT molecular complexity index is 450. The first-order valence-corrected chi connectivity index (χ1v) is 6.18. The standard InChI is InChI=1S/C13H18N2O4/c1-18-12-8-10(9-16)2-3-11(12)19-7-6-15-5-4-14-13(15)17/h2-3,8,16H,4-7,9H2,1H3,(H,14,17). The van der Waals surface area contributed by atoms with Crippen LogP contribution in [0.1, 0.15) is 5.56 Å². The first kappa shape index (κ1) is 13.5. The van der Waals surface area contributed by atoms with Gasteiger partial charge < -0.3 is 24.8 Å². The Hall–Kier alpha value is -1.95. The molecule has 0 atom stereocenters. The molecule has 6 heteroatoms. The molecule has 104 valence electrons. The minimum Gasteiger partial charge on any atom is -0.493 e. The lowest BCUT2D eigenvalue weighted by Gasteiger charge is -2.16. The number of hydrogen-bond acceptors (Lipinski definition) is 4. The van der Waals surface area contributed by atoms with Crippen molar-refractivity contribution in [3.05, 3.63) is 23.8 Å². The van der Waals surface area contributed by atoms with Crippen molar-refractivity contribution in [3.63, 3.8) is 0 Å². The van der Waals surface area contributed by atoms with Gasteiger partial charge in [-0.15, -0.1) is 0 Å². The van der Waals surface area contributed by atoms with E-state index in [9.17, 15) is 4.79 Å². The van der Waals surface area contributed by atoms with Crippen LogP contribution in [0.15, 0.2) is 18.2 Å². The fraction of sp³-hybridized carbons (Fsp3) is 0.462. The third-order valence-electron chi connectivity index (χ3n) is 2.97. The molecule has 0 spiro atoms. The summed E-state index contributed by atoms with van der Waals surface area (Å²) in [7, 11) is 1.55. The highest BCUT2D eigenvalue weighted by molar-refractivity contribution is 5.76. The van der Waals surface area contributed by atoms with Gasteiger partial charge in [0.05, 0.1) is 20.3 Å². The lowest BCUT2D eigenvalue weighted by Crippen LogP contribution is -2.31. The highest BCUT2D eigenvalue weighted by Crippen LogP contribution is 2.28.